The molecule has 1 saturated heterocycles. The predicted molar refractivity (Wildman–Crippen MR) is 164 cm³/mol. The van der Waals surface area contributed by atoms with Crippen LogP contribution in [0.25, 0.3) is 5.82 Å². The number of aliphatic hydroxyl groups excluding tert-OH is 1. The predicted octanol–water partition coefficient (Wildman–Crippen LogP) is 3.57. The maximum absolute atomic E-state index is 13.1. The quantitative estimate of drug-likeness (QED) is 0.370. The first kappa shape index (κ1) is 36.9. The molecule has 0 aliphatic carbocycles. The number of ether oxygens (including phenoxy) is 1. The normalized spacial score (nSPS) is 16.5. The van der Waals surface area contributed by atoms with Crippen LogP contribution in [-0.4, -0.2) is 75.1 Å². The van der Waals surface area contributed by atoms with Crippen LogP contribution in [0.5, 0.6) is 5.88 Å². The van der Waals surface area contributed by atoms with E-state index in [1.807, 2.05) is 30.5 Å². The monoisotopic (exact) mass is 663 g/mol. The highest BCUT2D eigenvalue weighted by Gasteiger charge is 2.48. The summed E-state index contributed by atoms with van der Waals surface area (Å²) in [6.45, 7) is 8.17. The Hall–Kier alpha value is -3.31. The first-order chi connectivity index (χ1) is 19.7. The van der Waals surface area contributed by atoms with Gasteiger partial charge in [-0.05, 0) is 58.2 Å². The van der Waals surface area contributed by atoms with Crippen molar-refractivity contribution >= 4 is 35.2 Å². The Morgan fingerprint density at radius 1 is 1.16 bits per heavy atom. The molecule has 2 N–H and O–H groups in total. The van der Waals surface area contributed by atoms with E-state index >= 15 is 0 Å². The molecule has 0 bridgehead atoms. The number of rotatable bonds is 8. The summed E-state index contributed by atoms with van der Waals surface area (Å²) in [7, 11) is -1.98. The molecule has 1 aliphatic heterocycles. The van der Waals surface area contributed by atoms with Crippen LogP contribution in [-0.2, 0) is 23.7 Å². The zero-order chi connectivity index (χ0) is 32.4. The van der Waals surface area contributed by atoms with Crippen LogP contribution in [0.1, 0.15) is 57.1 Å². The van der Waals surface area contributed by atoms with Gasteiger partial charge in [-0.1, -0.05) is 6.92 Å². The van der Waals surface area contributed by atoms with Gasteiger partial charge in [-0.2, -0.15) is 31.8 Å². The number of amides is 1. The van der Waals surface area contributed by atoms with E-state index in [1.54, 1.807) is 16.9 Å². The van der Waals surface area contributed by atoms with Crippen LogP contribution >= 0.6 is 13.5 Å². The summed E-state index contributed by atoms with van der Waals surface area (Å²) in [4.78, 5) is 19.3. The number of carbonyl (C=O) groups excluding carboxylic acids is 1. The number of pyridine rings is 1. The topological polar surface area (TPSA) is 144 Å². The summed E-state index contributed by atoms with van der Waals surface area (Å²) in [6, 6.07) is 6.12. The molecule has 0 aromatic carbocycles. The largest absolute Gasteiger partial charge is 0.476 e. The fourth-order valence-electron chi connectivity index (χ4n) is 4.53. The number of sulfonamides is 1. The van der Waals surface area contributed by atoms with E-state index in [9.17, 15) is 26.4 Å². The van der Waals surface area contributed by atoms with Gasteiger partial charge >= 0.3 is 6.18 Å². The van der Waals surface area contributed by atoms with Crippen LogP contribution in [0.3, 0.4) is 0 Å². The van der Waals surface area contributed by atoms with Crippen LogP contribution < -0.4 is 14.4 Å². The molecule has 1 atom stereocenters. The number of halogens is 3. The molecule has 4 rings (SSSR count). The van der Waals surface area contributed by atoms with Gasteiger partial charge in [0.2, 0.25) is 15.9 Å². The molecule has 4 heterocycles. The van der Waals surface area contributed by atoms with Crippen molar-refractivity contribution in [2.24, 2.45) is 18.4 Å². The Balaban J connectivity index is 0.000000650. The third-order valence-electron chi connectivity index (χ3n) is 6.79. The van der Waals surface area contributed by atoms with Crippen molar-refractivity contribution in [3.8, 4) is 11.7 Å². The average Bonchev–Trinajstić information content (AvgIpc) is 3.59. The Morgan fingerprint density at radius 3 is 2.30 bits per heavy atom. The third kappa shape index (κ3) is 9.34. The first-order valence-electron chi connectivity index (χ1n) is 13.4. The van der Waals surface area contributed by atoms with Gasteiger partial charge in [0.05, 0.1) is 29.5 Å². The van der Waals surface area contributed by atoms with Crippen molar-refractivity contribution < 1.29 is 36.2 Å². The number of hydrogen-bond donors (Lipinski definition) is 2. The summed E-state index contributed by atoms with van der Waals surface area (Å²) in [5, 5.41) is 16.5. The number of aromatic nitrogens is 5. The van der Waals surface area contributed by atoms with Crippen molar-refractivity contribution in [1.82, 2.24) is 29.3 Å². The highest BCUT2D eigenvalue weighted by atomic mass is 32.2. The second-order valence-corrected chi connectivity index (χ2v) is 13.6. The number of hydrogen-bond acceptors (Lipinski definition) is 9. The molecular weight excluding hydrogens is 623 g/mol. The molecule has 1 amide bonds. The number of alkyl halides is 3. The number of nitrogens with zero attached hydrogens (tertiary/aromatic N) is 6. The number of anilines is 1. The third-order valence-corrected chi connectivity index (χ3v) is 7.35. The molecular formula is C27H40F3N7O5S2. The van der Waals surface area contributed by atoms with Crippen LogP contribution in [0.4, 0.5) is 19.0 Å². The van der Waals surface area contributed by atoms with Crippen LogP contribution in [0.2, 0.25) is 0 Å². The lowest BCUT2D eigenvalue weighted by Crippen LogP contribution is -2.41. The molecule has 0 radical (unpaired) electrons. The zero-order valence-corrected chi connectivity index (χ0v) is 27.5. The van der Waals surface area contributed by atoms with Crippen molar-refractivity contribution in [2.45, 2.75) is 59.4 Å². The Morgan fingerprint density at radius 2 is 1.82 bits per heavy atom. The van der Waals surface area contributed by atoms with E-state index in [2.05, 4.69) is 22.1 Å². The van der Waals surface area contributed by atoms with E-state index in [0.29, 0.717) is 18.2 Å². The van der Waals surface area contributed by atoms with Gasteiger partial charge in [0.1, 0.15) is 12.4 Å². The summed E-state index contributed by atoms with van der Waals surface area (Å²) in [5.41, 5.74) is -1.62. The fraction of sp³-hybridized carbons (Fsp3) is 0.556. The molecule has 17 heteroatoms. The van der Waals surface area contributed by atoms with Gasteiger partial charge in [-0.25, -0.2) is 22.8 Å². The highest BCUT2D eigenvalue weighted by Crippen LogP contribution is 2.39. The van der Waals surface area contributed by atoms with Crippen molar-refractivity contribution in [3.05, 3.63) is 47.9 Å². The second-order valence-electron chi connectivity index (χ2n) is 11.9. The molecule has 1 fully saturated rings. The number of aryl methyl sites for hydroxylation is 1. The Kier molecular flexibility index (Phi) is 11.5. The van der Waals surface area contributed by atoms with Gasteiger partial charge in [-0.15, -0.1) is 5.10 Å². The lowest BCUT2D eigenvalue weighted by atomic mass is 9.94. The molecule has 3 aromatic rings. The van der Waals surface area contributed by atoms with Crippen molar-refractivity contribution in [2.75, 3.05) is 24.3 Å². The molecule has 0 saturated carbocycles. The maximum atomic E-state index is 13.1. The summed E-state index contributed by atoms with van der Waals surface area (Å²) in [6.07, 6.45) is 0.565. The van der Waals surface area contributed by atoms with E-state index in [0.717, 1.165) is 26.5 Å². The fourth-order valence-corrected chi connectivity index (χ4v) is 4.97. The van der Waals surface area contributed by atoms with Gasteiger partial charge in [0.25, 0.3) is 5.91 Å². The highest BCUT2D eigenvalue weighted by molar-refractivity contribution is 7.89. The van der Waals surface area contributed by atoms with E-state index in [1.165, 1.54) is 29.1 Å². The summed E-state index contributed by atoms with van der Waals surface area (Å²) < 4.78 is 72.8. The Bertz CT molecular complexity index is 1540. The van der Waals surface area contributed by atoms with Crippen LogP contribution in [0, 0.1) is 11.3 Å². The molecule has 1 aliphatic rings. The molecule has 0 spiro atoms. The van der Waals surface area contributed by atoms with E-state index in [-0.39, 0.29) is 48.7 Å². The van der Waals surface area contributed by atoms with E-state index < -0.39 is 34.1 Å². The lowest BCUT2D eigenvalue weighted by molar-refractivity contribution is -0.219. The Labute approximate surface area is 262 Å². The summed E-state index contributed by atoms with van der Waals surface area (Å²) in [5.74, 6) is 0.0591. The van der Waals surface area contributed by atoms with Crippen molar-refractivity contribution in [1.29, 1.82) is 0 Å². The van der Waals surface area contributed by atoms with Gasteiger partial charge in [0, 0.05) is 37.6 Å². The van der Waals surface area contributed by atoms with E-state index in [4.69, 9.17) is 9.84 Å². The van der Waals surface area contributed by atoms with Gasteiger partial charge < -0.3 is 14.7 Å². The van der Waals surface area contributed by atoms with Crippen molar-refractivity contribution in [3.63, 3.8) is 0 Å². The minimum absolute atomic E-state index is 0. The second kappa shape index (κ2) is 13.8. The standard InChI is InChI=1S/C22H30F3N5O4S.C5H8N2O.H2S/c1-14-11-21(4,5)29(12-14)18-15(19(31)28-35(6,32)33)7-8-16(26-18)30-10-9-17(27-30)34-13-20(2,3)22(23,24)25;1-7-3-2-5(4-8)6-7;/h7-10,14H,11-13H2,1-6H3,(H,28,31);2-3,8H,4H2,1H3;1H2/t14-;;/m0../s1. The smallest absolute Gasteiger partial charge is 0.397 e. The van der Waals surface area contributed by atoms with Gasteiger partial charge in [0.15, 0.2) is 5.82 Å². The minimum atomic E-state index is -4.44. The summed E-state index contributed by atoms with van der Waals surface area (Å²) >= 11 is 0. The molecule has 12 nitrogen and oxygen atoms in total. The lowest BCUT2D eigenvalue weighted by Gasteiger charge is -2.34. The average molecular weight is 664 g/mol. The zero-order valence-electron chi connectivity index (χ0n) is 25.7. The number of aliphatic hydroxyl groups is 1. The molecule has 44 heavy (non-hydrogen) atoms. The van der Waals surface area contributed by atoms with Crippen LogP contribution in [0.15, 0.2) is 36.7 Å². The minimum Gasteiger partial charge on any atom is -0.476 e. The molecule has 0 unspecified atom stereocenters. The molecule has 3 aromatic heterocycles. The molecule has 246 valence electrons. The van der Waals surface area contributed by atoms with Gasteiger partial charge in [-0.3, -0.25) is 9.48 Å². The SMILES string of the molecule is C[C@@H]1CN(c2nc(-n3ccc(OCC(C)(C)C(F)(F)F)n3)ccc2C(=O)NS(C)(=O)=O)C(C)(C)C1.Cn1ccc(CO)n1.S. The number of carbonyl (C=O) groups is 1. The first-order valence-corrected chi connectivity index (χ1v) is 15.3. The maximum Gasteiger partial charge on any atom is 0.397 e. The number of nitrogens with one attached hydrogen (secondary N) is 1.